The van der Waals surface area contributed by atoms with Gasteiger partial charge in [-0.05, 0) is 52.0 Å². The summed E-state index contributed by atoms with van der Waals surface area (Å²) >= 11 is 0. The summed E-state index contributed by atoms with van der Waals surface area (Å²) in [6, 6.07) is 8.14. The number of nitrogens with one attached hydrogen (secondary N) is 1. The minimum absolute atomic E-state index is 0.0559. The molecule has 1 heterocycles. The zero-order valence-corrected chi connectivity index (χ0v) is 15.8. The van der Waals surface area contributed by atoms with Crippen molar-refractivity contribution >= 4 is 23.5 Å². The van der Waals surface area contributed by atoms with Gasteiger partial charge in [-0.25, -0.2) is 9.48 Å². The van der Waals surface area contributed by atoms with E-state index < -0.39 is 18.0 Å². The van der Waals surface area contributed by atoms with Gasteiger partial charge in [0.1, 0.15) is 11.6 Å². The summed E-state index contributed by atoms with van der Waals surface area (Å²) in [7, 11) is 0. The highest BCUT2D eigenvalue weighted by molar-refractivity contribution is 5.94. The Labute approximate surface area is 157 Å². The van der Waals surface area contributed by atoms with Crippen LogP contribution in [0.25, 0.3) is 0 Å². The molecular formula is C19H23N3O5. The van der Waals surface area contributed by atoms with Crippen molar-refractivity contribution in [2.24, 2.45) is 0 Å². The van der Waals surface area contributed by atoms with E-state index >= 15 is 0 Å². The molecule has 0 radical (unpaired) electrons. The fourth-order valence-electron chi connectivity index (χ4n) is 2.27. The van der Waals surface area contributed by atoms with Crippen molar-refractivity contribution < 1.29 is 23.9 Å². The van der Waals surface area contributed by atoms with Crippen molar-refractivity contribution in [2.75, 3.05) is 11.9 Å². The monoisotopic (exact) mass is 373 g/mol. The Hall–Kier alpha value is -3.16. The summed E-state index contributed by atoms with van der Waals surface area (Å²) in [5.74, 6) is -0.239. The molecule has 144 valence electrons. The molecule has 1 aromatic heterocycles. The molecule has 1 atom stereocenters. The summed E-state index contributed by atoms with van der Waals surface area (Å²) in [6.07, 6.45) is 0.592. The largest absolute Gasteiger partial charge is 0.482 e. The van der Waals surface area contributed by atoms with E-state index in [0.717, 1.165) is 0 Å². The topological polar surface area (TPSA) is 99.5 Å². The second kappa shape index (κ2) is 8.98. The number of nitrogens with zero attached hydrogens (tertiary/aromatic N) is 2. The van der Waals surface area contributed by atoms with Crippen molar-refractivity contribution in [3.63, 3.8) is 0 Å². The maximum atomic E-state index is 12.2. The number of hydrogen-bond acceptors (Lipinski definition) is 6. The Morgan fingerprint density at radius 2 is 1.78 bits per heavy atom. The molecule has 0 saturated carbocycles. The van der Waals surface area contributed by atoms with Crippen LogP contribution in [-0.4, -0.2) is 40.2 Å². The second-order valence-electron chi connectivity index (χ2n) is 6.25. The first kappa shape index (κ1) is 20.2. The Balaban J connectivity index is 1.83. The molecule has 27 heavy (non-hydrogen) atoms. The maximum Gasteiger partial charge on any atom is 0.344 e. The third-order valence-electron chi connectivity index (χ3n) is 3.71. The first-order chi connectivity index (χ1) is 12.8. The van der Waals surface area contributed by atoms with Crippen molar-refractivity contribution in [3.8, 4) is 5.75 Å². The summed E-state index contributed by atoms with van der Waals surface area (Å²) in [6.45, 7) is 6.47. The van der Waals surface area contributed by atoms with Gasteiger partial charge < -0.3 is 14.8 Å². The summed E-state index contributed by atoms with van der Waals surface area (Å²) in [5, 5.41) is 6.80. The van der Waals surface area contributed by atoms with Gasteiger partial charge in [0, 0.05) is 17.7 Å². The molecule has 1 aromatic carbocycles. The van der Waals surface area contributed by atoms with Gasteiger partial charge in [0.2, 0.25) is 0 Å². The minimum Gasteiger partial charge on any atom is -0.482 e. The lowest BCUT2D eigenvalue weighted by Crippen LogP contribution is -2.32. The van der Waals surface area contributed by atoms with E-state index in [9.17, 15) is 14.4 Å². The van der Waals surface area contributed by atoms with E-state index in [1.54, 1.807) is 41.2 Å². The number of amides is 1. The van der Waals surface area contributed by atoms with Crippen LogP contribution in [0, 0.1) is 0 Å². The molecule has 0 unspecified atom stereocenters. The molecule has 0 aliphatic heterocycles. The summed E-state index contributed by atoms with van der Waals surface area (Å²) in [5.41, 5.74) is 0.552. The quantitative estimate of drug-likeness (QED) is 0.564. The number of ether oxygens (including phenoxy) is 2. The van der Waals surface area contributed by atoms with Crippen LogP contribution >= 0.6 is 0 Å². The van der Waals surface area contributed by atoms with E-state index in [1.807, 2.05) is 13.8 Å². The van der Waals surface area contributed by atoms with Crippen molar-refractivity contribution in [3.05, 3.63) is 42.1 Å². The van der Waals surface area contributed by atoms with E-state index in [4.69, 9.17) is 9.47 Å². The fourth-order valence-corrected chi connectivity index (χ4v) is 2.27. The molecule has 1 N–H and O–H groups in total. The Morgan fingerprint density at radius 1 is 1.11 bits per heavy atom. The lowest BCUT2D eigenvalue weighted by Gasteiger charge is -2.16. The highest BCUT2D eigenvalue weighted by Gasteiger charge is 2.20. The molecule has 2 aromatic rings. The van der Waals surface area contributed by atoms with Crippen molar-refractivity contribution in [2.45, 2.75) is 39.8 Å². The first-order valence-corrected chi connectivity index (χ1v) is 8.55. The zero-order chi connectivity index (χ0) is 20.0. The number of rotatable bonds is 8. The van der Waals surface area contributed by atoms with Gasteiger partial charge in [-0.3, -0.25) is 9.59 Å². The number of Topliss-reactive ketones (excluding diaryl/α,β-unsaturated/α-hetero) is 1. The van der Waals surface area contributed by atoms with Gasteiger partial charge in [-0.15, -0.1) is 0 Å². The predicted molar refractivity (Wildman–Crippen MR) is 98.7 cm³/mol. The Morgan fingerprint density at radius 3 is 2.37 bits per heavy atom. The molecule has 0 saturated heterocycles. The molecule has 8 nitrogen and oxygen atoms in total. The first-order valence-electron chi connectivity index (χ1n) is 8.55. The van der Waals surface area contributed by atoms with Crippen LogP contribution in [0.4, 0.5) is 5.82 Å². The summed E-state index contributed by atoms with van der Waals surface area (Å²) in [4.78, 5) is 35.3. The fraction of sp³-hybridized carbons (Fsp3) is 0.368. The number of anilines is 1. The minimum atomic E-state index is -0.989. The van der Waals surface area contributed by atoms with Gasteiger partial charge in [0.05, 0.1) is 6.20 Å². The van der Waals surface area contributed by atoms with Gasteiger partial charge in [0.15, 0.2) is 18.5 Å². The summed E-state index contributed by atoms with van der Waals surface area (Å²) < 4.78 is 12.0. The average molecular weight is 373 g/mol. The van der Waals surface area contributed by atoms with Crippen LogP contribution in [0.3, 0.4) is 0 Å². The third-order valence-corrected chi connectivity index (χ3v) is 3.71. The molecule has 0 spiro atoms. The highest BCUT2D eigenvalue weighted by Crippen LogP contribution is 2.14. The lowest BCUT2D eigenvalue weighted by atomic mass is 10.1. The van der Waals surface area contributed by atoms with E-state index in [-0.39, 0.29) is 18.4 Å². The van der Waals surface area contributed by atoms with Gasteiger partial charge in [0.25, 0.3) is 5.91 Å². The van der Waals surface area contributed by atoms with E-state index in [1.165, 1.54) is 13.8 Å². The number of ketones is 1. The van der Waals surface area contributed by atoms with Crippen molar-refractivity contribution in [1.29, 1.82) is 0 Å². The number of carbonyl (C=O) groups excluding carboxylic acids is 3. The van der Waals surface area contributed by atoms with E-state index in [0.29, 0.717) is 17.1 Å². The van der Waals surface area contributed by atoms with Crippen LogP contribution in [0.1, 0.15) is 44.1 Å². The Bertz CT molecular complexity index is 811. The molecule has 2 rings (SSSR count). The van der Waals surface area contributed by atoms with Gasteiger partial charge in [-0.1, -0.05) is 0 Å². The van der Waals surface area contributed by atoms with Crippen LogP contribution in [-0.2, 0) is 14.3 Å². The standard InChI is InChI=1S/C19H23N3O5/c1-12(2)22-17(9-10-20-22)21-19(25)14(4)27-18(24)11-26-16-7-5-15(6-8-16)13(3)23/h5-10,12,14H,11H2,1-4H3,(H,21,25)/t14-/m0/s1. The average Bonchev–Trinajstić information content (AvgIpc) is 3.08. The number of hydrogen-bond donors (Lipinski definition) is 1. The SMILES string of the molecule is CC(=O)c1ccc(OCC(=O)O[C@@H](C)C(=O)Nc2ccnn2C(C)C)cc1. The molecule has 8 heteroatoms. The van der Waals surface area contributed by atoms with Crippen molar-refractivity contribution in [1.82, 2.24) is 9.78 Å². The second-order valence-corrected chi connectivity index (χ2v) is 6.25. The smallest absolute Gasteiger partial charge is 0.344 e. The lowest BCUT2D eigenvalue weighted by molar-refractivity contribution is -0.155. The third kappa shape index (κ3) is 5.67. The van der Waals surface area contributed by atoms with Crippen LogP contribution in [0.2, 0.25) is 0 Å². The molecule has 0 bridgehead atoms. The zero-order valence-electron chi connectivity index (χ0n) is 15.8. The molecular weight excluding hydrogens is 350 g/mol. The number of carbonyl (C=O) groups is 3. The molecule has 0 aliphatic rings. The van der Waals surface area contributed by atoms with Crippen LogP contribution in [0.5, 0.6) is 5.75 Å². The normalized spacial score (nSPS) is 11.7. The molecule has 0 fully saturated rings. The van der Waals surface area contributed by atoms with Crippen LogP contribution in [0.15, 0.2) is 36.5 Å². The highest BCUT2D eigenvalue weighted by atomic mass is 16.6. The maximum absolute atomic E-state index is 12.2. The molecule has 0 aliphatic carbocycles. The van der Waals surface area contributed by atoms with E-state index in [2.05, 4.69) is 10.4 Å². The van der Waals surface area contributed by atoms with Gasteiger partial charge >= 0.3 is 5.97 Å². The predicted octanol–water partition coefficient (Wildman–Crippen LogP) is 2.62. The number of esters is 1. The Kier molecular flexibility index (Phi) is 6.70. The molecule has 1 amide bonds. The number of aromatic nitrogens is 2. The van der Waals surface area contributed by atoms with Crippen LogP contribution < -0.4 is 10.1 Å². The number of benzene rings is 1. The van der Waals surface area contributed by atoms with Gasteiger partial charge in [-0.2, -0.15) is 5.10 Å².